The van der Waals surface area contributed by atoms with Crippen LogP contribution in [-0.2, 0) is 0 Å². The summed E-state index contributed by atoms with van der Waals surface area (Å²) in [5.41, 5.74) is 3.91. The summed E-state index contributed by atoms with van der Waals surface area (Å²) in [6, 6.07) is 0. The molecule has 21 heavy (non-hydrogen) atoms. The van der Waals surface area contributed by atoms with Crippen LogP contribution in [0.2, 0.25) is 0 Å². The van der Waals surface area contributed by atoms with E-state index in [4.69, 9.17) is 5.11 Å². The van der Waals surface area contributed by atoms with Gasteiger partial charge in [-0.15, -0.1) is 0 Å². The lowest BCUT2D eigenvalue weighted by atomic mass is 9.48. The van der Waals surface area contributed by atoms with E-state index >= 15 is 0 Å². The van der Waals surface area contributed by atoms with Gasteiger partial charge in [0.1, 0.15) is 0 Å². The molecule has 0 aromatic carbocycles. The Hall–Kier alpha value is -0.560. The van der Waals surface area contributed by atoms with Crippen LogP contribution in [0, 0.1) is 22.7 Å². The van der Waals surface area contributed by atoms with Crippen LogP contribution < -0.4 is 0 Å². The molecule has 0 aromatic heterocycles. The van der Waals surface area contributed by atoms with Crippen LogP contribution in [0.15, 0.2) is 23.3 Å². The van der Waals surface area contributed by atoms with E-state index in [0.717, 1.165) is 18.3 Å². The summed E-state index contributed by atoms with van der Waals surface area (Å²) in [7, 11) is 0. The third-order valence-corrected chi connectivity index (χ3v) is 6.56. The van der Waals surface area contributed by atoms with Crippen molar-refractivity contribution >= 4 is 0 Å². The molecule has 3 atom stereocenters. The predicted molar refractivity (Wildman–Crippen MR) is 91.2 cm³/mol. The zero-order valence-electron chi connectivity index (χ0n) is 14.7. The highest BCUT2D eigenvalue weighted by Crippen LogP contribution is 2.60. The minimum absolute atomic E-state index is 0.179. The molecule has 0 aromatic rings. The molecule has 0 radical (unpaired) electrons. The minimum atomic E-state index is 0.179. The van der Waals surface area contributed by atoms with E-state index in [1.807, 2.05) is 6.08 Å². The molecule has 0 unspecified atom stereocenters. The van der Waals surface area contributed by atoms with Gasteiger partial charge in [0.05, 0.1) is 6.61 Å². The largest absolute Gasteiger partial charge is 0.392 e. The molecule has 0 bridgehead atoms. The summed E-state index contributed by atoms with van der Waals surface area (Å²) >= 11 is 0. The first-order valence-corrected chi connectivity index (χ1v) is 8.74. The number of aliphatic hydroxyl groups excluding tert-OH is 1. The van der Waals surface area contributed by atoms with Gasteiger partial charge in [0.25, 0.3) is 0 Å². The van der Waals surface area contributed by atoms with Gasteiger partial charge >= 0.3 is 0 Å². The van der Waals surface area contributed by atoms with Crippen molar-refractivity contribution in [2.24, 2.45) is 22.7 Å². The zero-order chi connectivity index (χ0) is 15.7. The van der Waals surface area contributed by atoms with Crippen molar-refractivity contribution in [3.8, 4) is 0 Å². The monoisotopic (exact) mass is 290 g/mol. The summed E-state index contributed by atoms with van der Waals surface area (Å²) in [6.45, 7) is 12.2. The Balaban J connectivity index is 2.20. The van der Waals surface area contributed by atoms with Crippen LogP contribution in [0.25, 0.3) is 0 Å². The third kappa shape index (κ3) is 3.28. The SMILES string of the molecule is CC1=CC[C@H]2C(C)(C)CCC[C@]2(C)[C@H]1CC/C(C)=C/CO. The average molecular weight is 290 g/mol. The Morgan fingerprint density at radius 3 is 2.71 bits per heavy atom. The van der Waals surface area contributed by atoms with Crippen LogP contribution in [-0.4, -0.2) is 11.7 Å². The fourth-order valence-corrected chi connectivity index (χ4v) is 5.32. The number of allylic oxidation sites excluding steroid dienone is 3. The predicted octanol–water partition coefficient (Wildman–Crippen LogP) is 5.50. The Morgan fingerprint density at radius 1 is 1.33 bits per heavy atom. The molecule has 1 nitrogen and oxygen atoms in total. The summed E-state index contributed by atoms with van der Waals surface area (Å²) < 4.78 is 0. The topological polar surface area (TPSA) is 20.2 Å². The van der Waals surface area contributed by atoms with Gasteiger partial charge in [0.2, 0.25) is 0 Å². The number of rotatable bonds is 4. The molecule has 0 amide bonds. The van der Waals surface area contributed by atoms with Crippen LogP contribution in [0.5, 0.6) is 0 Å². The van der Waals surface area contributed by atoms with E-state index in [1.165, 1.54) is 37.7 Å². The van der Waals surface area contributed by atoms with E-state index < -0.39 is 0 Å². The van der Waals surface area contributed by atoms with Gasteiger partial charge in [-0.05, 0) is 68.6 Å². The summed E-state index contributed by atoms with van der Waals surface area (Å²) in [6.07, 6.45) is 12.3. The Bertz CT molecular complexity index is 429. The lowest BCUT2D eigenvalue weighted by Crippen LogP contribution is -2.48. The van der Waals surface area contributed by atoms with Crippen LogP contribution >= 0.6 is 0 Å². The van der Waals surface area contributed by atoms with Gasteiger partial charge < -0.3 is 5.11 Å². The maximum absolute atomic E-state index is 9.04. The number of hydrogen-bond acceptors (Lipinski definition) is 1. The molecule has 2 aliphatic rings. The van der Waals surface area contributed by atoms with Crippen molar-refractivity contribution in [2.75, 3.05) is 6.61 Å². The Labute approximate surface area is 131 Å². The van der Waals surface area contributed by atoms with E-state index in [9.17, 15) is 0 Å². The molecule has 2 rings (SSSR count). The maximum Gasteiger partial charge on any atom is 0.0614 e. The highest BCUT2D eigenvalue weighted by atomic mass is 16.2. The van der Waals surface area contributed by atoms with Crippen molar-refractivity contribution in [3.05, 3.63) is 23.3 Å². The summed E-state index contributed by atoms with van der Waals surface area (Å²) in [5.74, 6) is 1.55. The molecular formula is C20H34O. The molecule has 120 valence electrons. The Morgan fingerprint density at radius 2 is 2.05 bits per heavy atom. The quantitative estimate of drug-likeness (QED) is 0.677. The van der Waals surface area contributed by atoms with Crippen molar-refractivity contribution in [1.82, 2.24) is 0 Å². The maximum atomic E-state index is 9.04. The average Bonchev–Trinajstić information content (AvgIpc) is 2.37. The first kappa shape index (κ1) is 16.8. The summed E-state index contributed by atoms with van der Waals surface area (Å²) in [5, 5.41) is 9.04. The van der Waals surface area contributed by atoms with Gasteiger partial charge in [0.15, 0.2) is 0 Å². The highest BCUT2D eigenvalue weighted by molar-refractivity contribution is 5.18. The van der Waals surface area contributed by atoms with Gasteiger partial charge in [-0.2, -0.15) is 0 Å². The molecule has 1 heteroatoms. The van der Waals surface area contributed by atoms with Crippen LogP contribution in [0.1, 0.15) is 73.1 Å². The second kappa shape index (κ2) is 6.28. The molecular weight excluding hydrogens is 256 g/mol. The minimum Gasteiger partial charge on any atom is -0.392 e. The van der Waals surface area contributed by atoms with Crippen molar-refractivity contribution < 1.29 is 5.11 Å². The number of hydrogen-bond donors (Lipinski definition) is 1. The normalized spacial score (nSPS) is 36.1. The molecule has 0 heterocycles. The van der Waals surface area contributed by atoms with E-state index in [1.54, 1.807) is 5.57 Å². The smallest absolute Gasteiger partial charge is 0.0614 e. The Kier molecular flexibility index (Phi) is 5.03. The van der Waals surface area contributed by atoms with Crippen molar-refractivity contribution in [1.29, 1.82) is 0 Å². The lowest BCUT2D eigenvalue weighted by Gasteiger charge is -2.57. The number of aliphatic hydroxyl groups is 1. The van der Waals surface area contributed by atoms with Gasteiger partial charge in [0, 0.05) is 0 Å². The highest BCUT2D eigenvalue weighted by Gasteiger charge is 2.51. The second-order valence-electron chi connectivity index (χ2n) is 8.41. The standard InChI is InChI=1S/C20H34O/c1-15(11-14-21)7-9-17-16(2)8-10-18-19(3,4)12-6-13-20(17,18)5/h8,11,17-18,21H,6-7,9-10,12-14H2,1-5H3/b15-11+/t17-,18-,20+/m0/s1. The van der Waals surface area contributed by atoms with Crippen molar-refractivity contribution in [3.63, 3.8) is 0 Å². The van der Waals surface area contributed by atoms with Crippen LogP contribution in [0.3, 0.4) is 0 Å². The van der Waals surface area contributed by atoms with E-state index in [0.29, 0.717) is 10.8 Å². The van der Waals surface area contributed by atoms with E-state index in [2.05, 4.69) is 40.7 Å². The molecule has 1 saturated carbocycles. The van der Waals surface area contributed by atoms with Crippen molar-refractivity contribution in [2.45, 2.75) is 73.1 Å². The molecule has 1 N–H and O–H groups in total. The molecule has 0 spiro atoms. The fourth-order valence-electron chi connectivity index (χ4n) is 5.32. The van der Waals surface area contributed by atoms with Gasteiger partial charge in [-0.25, -0.2) is 0 Å². The first-order valence-electron chi connectivity index (χ1n) is 8.74. The van der Waals surface area contributed by atoms with Gasteiger partial charge in [-0.1, -0.05) is 50.5 Å². The molecule has 0 saturated heterocycles. The summed E-state index contributed by atoms with van der Waals surface area (Å²) in [4.78, 5) is 0. The lowest BCUT2D eigenvalue weighted by molar-refractivity contribution is -0.0390. The van der Waals surface area contributed by atoms with E-state index in [-0.39, 0.29) is 6.61 Å². The third-order valence-electron chi connectivity index (χ3n) is 6.56. The van der Waals surface area contributed by atoms with Gasteiger partial charge in [-0.3, -0.25) is 0 Å². The first-order chi connectivity index (χ1) is 9.81. The molecule has 0 aliphatic heterocycles. The number of fused-ring (bicyclic) bond motifs is 1. The molecule has 2 aliphatic carbocycles. The fraction of sp³-hybridized carbons (Fsp3) is 0.800. The van der Waals surface area contributed by atoms with Crippen LogP contribution in [0.4, 0.5) is 0 Å². The molecule has 1 fully saturated rings. The zero-order valence-corrected chi connectivity index (χ0v) is 14.7. The second-order valence-corrected chi connectivity index (χ2v) is 8.41.